The van der Waals surface area contributed by atoms with Crippen LogP contribution in [0, 0.1) is 11.3 Å². The van der Waals surface area contributed by atoms with Gasteiger partial charge in [-0.2, -0.15) is 5.26 Å². The average Bonchev–Trinajstić information content (AvgIpc) is 2.38. The van der Waals surface area contributed by atoms with Crippen LogP contribution in [0.2, 0.25) is 5.15 Å². The number of aromatic nitrogens is 1. The first-order valence-corrected chi connectivity index (χ1v) is 6.12. The van der Waals surface area contributed by atoms with E-state index in [9.17, 15) is 4.79 Å². The van der Waals surface area contributed by atoms with Crippen LogP contribution in [0.3, 0.4) is 0 Å². The maximum absolute atomic E-state index is 12.1. The van der Waals surface area contributed by atoms with Gasteiger partial charge in [0.15, 0.2) is 0 Å². The van der Waals surface area contributed by atoms with E-state index in [0.717, 1.165) is 0 Å². The maximum atomic E-state index is 12.1. The van der Waals surface area contributed by atoms with Crippen molar-refractivity contribution in [3.63, 3.8) is 0 Å². The predicted molar refractivity (Wildman–Crippen MR) is 70.0 cm³/mol. The van der Waals surface area contributed by atoms with Crippen molar-refractivity contribution >= 4 is 17.6 Å². The number of hydrogen-bond donors (Lipinski definition) is 0. The van der Waals surface area contributed by atoms with Gasteiger partial charge in [-0.3, -0.25) is 4.79 Å². The molecule has 0 fully saturated rings. The second kappa shape index (κ2) is 6.39. The lowest BCUT2D eigenvalue weighted by Crippen LogP contribution is -2.34. The number of hydrogen-bond acceptors (Lipinski definition) is 5. The van der Waals surface area contributed by atoms with E-state index in [1.807, 2.05) is 6.07 Å². The summed E-state index contributed by atoms with van der Waals surface area (Å²) in [6.07, 6.45) is -0.0362. The highest BCUT2D eigenvalue weighted by Gasteiger charge is 2.39. The molecule has 0 N–H and O–H groups in total. The van der Waals surface area contributed by atoms with Gasteiger partial charge < -0.3 is 9.47 Å². The standard InChI is InChI=1S/C13H15ClN2O3/c1-4-19-12(17)13(2,7-8-15)9-5-6-10(14)16-11(9)18-3/h5-6H,4,7H2,1-3H3/t13-/m1/s1. The molecule has 0 bridgehead atoms. The third-order valence-corrected chi connectivity index (χ3v) is 2.98. The molecule has 0 spiro atoms. The molecule has 0 unspecified atom stereocenters. The number of ether oxygens (including phenoxy) is 2. The van der Waals surface area contributed by atoms with Gasteiger partial charge in [0, 0.05) is 5.56 Å². The van der Waals surface area contributed by atoms with Crippen LogP contribution < -0.4 is 4.74 Å². The Kier molecular flexibility index (Phi) is 5.13. The van der Waals surface area contributed by atoms with Crippen molar-refractivity contribution in [2.75, 3.05) is 13.7 Å². The zero-order valence-electron chi connectivity index (χ0n) is 11.1. The monoisotopic (exact) mass is 282 g/mol. The van der Waals surface area contributed by atoms with Gasteiger partial charge in [-0.25, -0.2) is 4.98 Å². The highest BCUT2D eigenvalue weighted by molar-refractivity contribution is 6.29. The smallest absolute Gasteiger partial charge is 0.317 e. The van der Waals surface area contributed by atoms with Gasteiger partial charge in [0.25, 0.3) is 0 Å². The van der Waals surface area contributed by atoms with Crippen molar-refractivity contribution in [1.82, 2.24) is 4.98 Å². The number of carbonyl (C=O) groups is 1. The fraction of sp³-hybridized carbons (Fsp3) is 0.462. The third-order valence-electron chi connectivity index (χ3n) is 2.77. The fourth-order valence-electron chi connectivity index (χ4n) is 1.72. The minimum atomic E-state index is -1.13. The fourth-order valence-corrected chi connectivity index (χ4v) is 1.86. The first-order chi connectivity index (χ1) is 8.99. The van der Waals surface area contributed by atoms with Crippen LogP contribution in [0.5, 0.6) is 5.88 Å². The minimum Gasteiger partial charge on any atom is -0.481 e. The lowest BCUT2D eigenvalue weighted by atomic mass is 9.80. The number of nitriles is 1. The summed E-state index contributed by atoms with van der Waals surface area (Å²) in [4.78, 5) is 16.1. The van der Waals surface area contributed by atoms with Gasteiger partial charge >= 0.3 is 5.97 Å². The van der Waals surface area contributed by atoms with Crippen LogP contribution in [0.15, 0.2) is 12.1 Å². The van der Waals surface area contributed by atoms with Gasteiger partial charge in [-0.15, -0.1) is 0 Å². The first kappa shape index (κ1) is 15.3. The predicted octanol–water partition coefficient (Wildman–Crippen LogP) is 2.48. The van der Waals surface area contributed by atoms with Crippen molar-refractivity contribution < 1.29 is 14.3 Å². The maximum Gasteiger partial charge on any atom is 0.317 e. The molecule has 102 valence electrons. The van der Waals surface area contributed by atoms with Crippen LogP contribution in [0.1, 0.15) is 25.8 Å². The Labute approximate surface area is 117 Å². The SMILES string of the molecule is CCOC(=O)[C@](C)(CC#N)c1ccc(Cl)nc1OC. The minimum absolute atomic E-state index is 0.0362. The quantitative estimate of drug-likeness (QED) is 0.613. The lowest BCUT2D eigenvalue weighted by Gasteiger charge is -2.26. The van der Waals surface area contributed by atoms with E-state index in [4.69, 9.17) is 26.3 Å². The van der Waals surface area contributed by atoms with Gasteiger partial charge in [-0.1, -0.05) is 11.6 Å². The Balaban J connectivity index is 3.34. The molecule has 1 atom stereocenters. The topological polar surface area (TPSA) is 72.2 Å². The second-order valence-corrected chi connectivity index (χ2v) is 4.47. The summed E-state index contributed by atoms with van der Waals surface area (Å²) in [6, 6.07) is 5.17. The molecule has 0 radical (unpaired) electrons. The Bertz CT molecular complexity index is 513. The average molecular weight is 283 g/mol. The lowest BCUT2D eigenvalue weighted by molar-refractivity contribution is -0.149. The van der Waals surface area contributed by atoms with Crippen molar-refractivity contribution in [2.45, 2.75) is 25.7 Å². The second-order valence-electron chi connectivity index (χ2n) is 4.08. The number of halogens is 1. The molecule has 0 amide bonds. The molecule has 0 aliphatic heterocycles. The molecule has 0 aromatic carbocycles. The van der Waals surface area contributed by atoms with Gasteiger partial charge in [0.05, 0.1) is 26.2 Å². The highest BCUT2D eigenvalue weighted by atomic mass is 35.5. The summed E-state index contributed by atoms with van der Waals surface area (Å²) in [7, 11) is 1.43. The van der Waals surface area contributed by atoms with Crippen LogP contribution in [-0.4, -0.2) is 24.7 Å². The molecular formula is C13H15ClN2O3. The number of esters is 1. The molecule has 1 rings (SSSR count). The number of methoxy groups -OCH3 is 1. The van der Waals surface area contributed by atoms with Gasteiger partial charge in [0.1, 0.15) is 10.6 Å². The van der Waals surface area contributed by atoms with E-state index in [1.54, 1.807) is 26.0 Å². The summed E-state index contributed by atoms with van der Waals surface area (Å²) in [6.45, 7) is 3.58. The van der Waals surface area contributed by atoms with Gasteiger partial charge in [0.2, 0.25) is 5.88 Å². The molecule has 6 heteroatoms. The summed E-state index contributed by atoms with van der Waals surface area (Å²) in [5.74, 6) is -0.266. The molecule has 1 heterocycles. The molecular weight excluding hydrogens is 268 g/mol. The van der Waals surface area contributed by atoms with E-state index in [0.29, 0.717) is 5.56 Å². The van der Waals surface area contributed by atoms with E-state index >= 15 is 0 Å². The zero-order chi connectivity index (χ0) is 14.5. The van der Waals surface area contributed by atoms with Crippen molar-refractivity contribution in [3.8, 4) is 11.9 Å². The molecule has 5 nitrogen and oxygen atoms in total. The van der Waals surface area contributed by atoms with E-state index < -0.39 is 11.4 Å². The highest BCUT2D eigenvalue weighted by Crippen LogP contribution is 2.35. The molecule has 19 heavy (non-hydrogen) atoms. The van der Waals surface area contributed by atoms with Crippen molar-refractivity contribution in [3.05, 3.63) is 22.8 Å². The largest absolute Gasteiger partial charge is 0.481 e. The summed E-state index contributed by atoms with van der Waals surface area (Å²) < 4.78 is 10.2. The Hall–Kier alpha value is -1.80. The number of carbonyl (C=O) groups excluding carboxylic acids is 1. The molecule has 0 saturated carbocycles. The van der Waals surface area contributed by atoms with Crippen molar-refractivity contribution in [2.24, 2.45) is 0 Å². The Morgan fingerprint density at radius 3 is 2.79 bits per heavy atom. The molecule has 1 aromatic heterocycles. The summed E-state index contributed by atoms with van der Waals surface area (Å²) >= 11 is 5.79. The molecule has 0 saturated heterocycles. The molecule has 1 aromatic rings. The first-order valence-electron chi connectivity index (χ1n) is 5.74. The normalized spacial score (nSPS) is 13.2. The van der Waals surface area contributed by atoms with E-state index in [1.165, 1.54) is 7.11 Å². The van der Waals surface area contributed by atoms with Crippen molar-refractivity contribution in [1.29, 1.82) is 5.26 Å². The zero-order valence-corrected chi connectivity index (χ0v) is 11.8. The van der Waals surface area contributed by atoms with E-state index in [2.05, 4.69) is 4.98 Å². The van der Waals surface area contributed by atoms with Gasteiger partial charge in [-0.05, 0) is 26.0 Å². The van der Waals surface area contributed by atoms with Crippen LogP contribution >= 0.6 is 11.6 Å². The molecule has 0 aliphatic carbocycles. The number of rotatable bonds is 5. The third kappa shape index (κ3) is 3.15. The molecule has 0 aliphatic rings. The Morgan fingerprint density at radius 1 is 1.58 bits per heavy atom. The van der Waals surface area contributed by atoms with Crippen LogP contribution in [0.25, 0.3) is 0 Å². The van der Waals surface area contributed by atoms with Crippen LogP contribution in [-0.2, 0) is 14.9 Å². The number of nitrogens with zero attached hydrogens (tertiary/aromatic N) is 2. The number of pyridine rings is 1. The summed E-state index contributed by atoms with van der Waals surface area (Å²) in [5.41, 5.74) is -0.646. The summed E-state index contributed by atoms with van der Waals surface area (Å²) in [5, 5.41) is 9.21. The van der Waals surface area contributed by atoms with Crippen LogP contribution in [0.4, 0.5) is 0 Å². The Morgan fingerprint density at radius 2 is 2.26 bits per heavy atom. The van der Waals surface area contributed by atoms with E-state index in [-0.39, 0.29) is 24.1 Å².